The highest BCUT2D eigenvalue weighted by Crippen LogP contribution is 2.23. The number of anilines is 1. The van der Waals surface area contributed by atoms with Crippen molar-refractivity contribution in [2.24, 2.45) is 0 Å². The second kappa shape index (κ2) is 12.0. The van der Waals surface area contributed by atoms with E-state index < -0.39 is 28.5 Å². The van der Waals surface area contributed by atoms with E-state index in [1.807, 2.05) is 38.1 Å². The van der Waals surface area contributed by atoms with Crippen molar-refractivity contribution < 1.29 is 18.0 Å². The highest BCUT2D eigenvalue weighted by Gasteiger charge is 2.30. The van der Waals surface area contributed by atoms with Gasteiger partial charge in [0.15, 0.2) is 0 Å². The molecule has 2 amide bonds. The zero-order valence-electron chi connectivity index (χ0n) is 19.1. The number of nitrogens with zero attached hydrogens (tertiary/aromatic N) is 2. The summed E-state index contributed by atoms with van der Waals surface area (Å²) in [4.78, 5) is 27.7. The Morgan fingerprint density at radius 3 is 2.18 bits per heavy atom. The molecule has 180 valence electrons. The van der Waals surface area contributed by atoms with Crippen molar-refractivity contribution in [1.29, 1.82) is 0 Å². The van der Waals surface area contributed by atoms with Gasteiger partial charge in [-0.05, 0) is 56.2 Å². The molecule has 2 rings (SSSR count). The Balaban J connectivity index is 2.38. The zero-order valence-corrected chi connectivity index (χ0v) is 23.1. The van der Waals surface area contributed by atoms with Gasteiger partial charge >= 0.3 is 0 Å². The van der Waals surface area contributed by atoms with E-state index in [2.05, 4.69) is 37.2 Å². The molecule has 0 aliphatic carbocycles. The first-order valence-electron chi connectivity index (χ1n) is 10.5. The first kappa shape index (κ1) is 27.3. The average molecular weight is 603 g/mol. The molecule has 0 spiro atoms. The lowest BCUT2D eigenvalue weighted by atomic mass is 10.1. The first-order chi connectivity index (χ1) is 15.4. The SMILES string of the molecule is CC[C@@H](C)NC(=O)[C@@H](C)N(Cc1cccc(Br)c1)C(=O)CN(c1cccc(Br)c1)S(C)(=O)=O. The average Bonchev–Trinajstić information content (AvgIpc) is 2.74. The van der Waals surface area contributed by atoms with Crippen LogP contribution in [0.2, 0.25) is 0 Å². The number of hydrogen-bond acceptors (Lipinski definition) is 4. The number of hydrogen-bond donors (Lipinski definition) is 1. The minimum absolute atomic E-state index is 0.0445. The summed E-state index contributed by atoms with van der Waals surface area (Å²) in [6.07, 6.45) is 1.81. The van der Waals surface area contributed by atoms with Gasteiger partial charge < -0.3 is 10.2 Å². The number of nitrogens with one attached hydrogen (secondary N) is 1. The first-order valence-corrected chi connectivity index (χ1v) is 13.9. The maximum atomic E-state index is 13.5. The van der Waals surface area contributed by atoms with E-state index in [1.54, 1.807) is 31.2 Å². The maximum absolute atomic E-state index is 13.5. The maximum Gasteiger partial charge on any atom is 0.244 e. The number of amides is 2. The van der Waals surface area contributed by atoms with Crippen LogP contribution in [0.1, 0.15) is 32.8 Å². The fourth-order valence-corrected chi connectivity index (χ4v) is 4.80. The highest BCUT2D eigenvalue weighted by atomic mass is 79.9. The lowest BCUT2D eigenvalue weighted by Crippen LogP contribution is -2.52. The van der Waals surface area contributed by atoms with Crippen LogP contribution < -0.4 is 9.62 Å². The van der Waals surface area contributed by atoms with Gasteiger partial charge in [-0.1, -0.05) is 57.0 Å². The number of rotatable bonds is 10. The number of sulfonamides is 1. The zero-order chi connectivity index (χ0) is 24.8. The Bertz CT molecular complexity index is 1090. The van der Waals surface area contributed by atoms with Gasteiger partial charge in [-0.2, -0.15) is 0 Å². The van der Waals surface area contributed by atoms with E-state index in [9.17, 15) is 18.0 Å². The van der Waals surface area contributed by atoms with Crippen molar-refractivity contribution in [1.82, 2.24) is 10.2 Å². The molecule has 0 heterocycles. The Hall–Kier alpha value is -1.91. The number of carbonyl (C=O) groups excluding carboxylic acids is 2. The van der Waals surface area contributed by atoms with Crippen LogP contribution >= 0.6 is 31.9 Å². The minimum atomic E-state index is -3.75. The van der Waals surface area contributed by atoms with Crippen molar-refractivity contribution in [2.75, 3.05) is 17.1 Å². The van der Waals surface area contributed by atoms with E-state index in [0.29, 0.717) is 10.2 Å². The molecular formula is C23H29Br2N3O4S. The quantitative estimate of drug-likeness (QED) is 0.439. The topological polar surface area (TPSA) is 86.8 Å². The summed E-state index contributed by atoms with van der Waals surface area (Å²) >= 11 is 6.77. The summed E-state index contributed by atoms with van der Waals surface area (Å²) in [6.45, 7) is 5.23. The molecule has 0 fully saturated rings. The molecule has 2 aromatic rings. The predicted molar refractivity (Wildman–Crippen MR) is 138 cm³/mol. The second-order valence-electron chi connectivity index (χ2n) is 7.89. The summed E-state index contributed by atoms with van der Waals surface area (Å²) in [5.74, 6) is -0.770. The molecule has 2 atom stereocenters. The Labute approximate surface area is 212 Å². The lowest BCUT2D eigenvalue weighted by Gasteiger charge is -2.32. The van der Waals surface area contributed by atoms with Gasteiger partial charge in [0.2, 0.25) is 21.8 Å². The molecule has 0 aliphatic rings. The van der Waals surface area contributed by atoms with Crippen molar-refractivity contribution in [3.8, 4) is 0 Å². The summed E-state index contributed by atoms with van der Waals surface area (Å²) in [6, 6.07) is 13.3. The Kier molecular flexibility index (Phi) is 9.93. The fourth-order valence-electron chi connectivity index (χ4n) is 3.13. The molecular weight excluding hydrogens is 574 g/mol. The van der Waals surface area contributed by atoms with Crippen LogP contribution in [0.4, 0.5) is 5.69 Å². The van der Waals surface area contributed by atoms with Crippen LogP contribution in [0.3, 0.4) is 0 Å². The summed E-state index contributed by atoms with van der Waals surface area (Å²) in [7, 11) is -3.75. The van der Waals surface area contributed by atoms with Crippen LogP contribution in [0.5, 0.6) is 0 Å². The Morgan fingerprint density at radius 2 is 1.64 bits per heavy atom. The van der Waals surface area contributed by atoms with Crippen molar-refractivity contribution in [3.63, 3.8) is 0 Å². The van der Waals surface area contributed by atoms with E-state index in [4.69, 9.17) is 0 Å². The van der Waals surface area contributed by atoms with Crippen LogP contribution in [0.25, 0.3) is 0 Å². The van der Waals surface area contributed by atoms with E-state index in [-0.39, 0.29) is 18.5 Å². The predicted octanol–water partition coefficient (Wildman–Crippen LogP) is 4.31. The van der Waals surface area contributed by atoms with E-state index in [0.717, 1.165) is 27.0 Å². The molecule has 0 aliphatic heterocycles. The van der Waals surface area contributed by atoms with Gasteiger partial charge in [0.05, 0.1) is 11.9 Å². The number of carbonyl (C=O) groups is 2. The summed E-state index contributed by atoms with van der Waals surface area (Å²) in [5.41, 5.74) is 1.17. The number of benzene rings is 2. The van der Waals surface area contributed by atoms with E-state index in [1.165, 1.54) is 4.90 Å². The standard InChI is InChI=1S/C23H29Br2N3O4S/c1-5-16(2)26-23(30)17(3)27(14-18-8-6-9-19(24)12-18)22(29)15-28(33(4,31)32)21-11-7-10-20(25)13-21/h6-13,16-17H,5,14-15H2,1-4H3,(H,26,30)/t16-,17-/m1/s1. The number of halogens is 2. The van der Waals surface area contributed by atoms with Gasteiger partial charge in [-0.15, -0.1) is 0 Å². The minimum Gasteiger partial charge on any atom is -0.352 e. The molecule has 10 heteroatoms. The third kappa shape index (κ3) is 8.12. The molecule has 0 unspecified atom stereocenters. The molecule has 0 saturated carbocycles. The molecule has 1 N–H and O–H groups in total. The van der Waals surface area contributed by atoms with Gasteiger partial charge in [0.1, 0.15) is 12.6 Å². The normalized spacial score (nSPS) is 13.2. The van der Waals surface area contributed by atoms with Gasteiger partial charge in [0.25, 0.3) is 0 Å². The molecule has 33 heavy (non-hydrogen) atoms. The fraction of sp³-hybridized carbons (Fsp3) is 0.391. The summed E-state index contributed by atoms with van der Waals surface area (Å²) in [5, 5.41) is 2.90. The highest BCUT2D eigenvalue weighted by molar-refractivity contribution is 9.10. The van der Waals surface area contributed by atoms with Gasteiger partial charge in [-0.25, -0.2) is 8.42 Å². The molecule has 7 nitrogen and oxygen atoms in total. The molecule has 0 aromatic heterocycles. The molecule has 0 radical (unpaired) electrons. The van der Waals surface area contributed by atoms with E-state index >= 15 is 0 Å². The van der Waals surface area contributed by atoms with Gasteiger partial charge in [-0.3, -0.25) is 13.9 Å². The molecule has 0 saturated heterocycles. The Morgan fingerprint density at radius 1 is 1.03 bits per heavy atom. The van der Waals surface area contributed by atoms with Crippen molar-refractivity contribution in [2.45, 2.75) is 45.8 Å². The second-order valence-corrected chi connectivity index (χ2v) is 11.6. The largest absolute Gasteiger partial charge is 0.352 e. The molecule has 2 aromatic carbocycles. The van der Waals surface area contributed by atoms with Crippen molar-refractivity contribution >= 4 is 59.4 Å². The van der Waals surface area contributed by atoms with Crippen LogP contribution in [0.15, 0.2) is 57.5 Å². The van der Waals surface area contributed by atoms with Gasteiger partial charge in [0, 0.05) is 21.5 Å². The third-order valence-corrected chi connectivity index (χ3v) is 7.31. The summed E-state index contributed by atoms with van der Waals surface area (Å²) < 4.78 is 27.7. The monoisotopic (exact) mass is 601 g/mol. The smallest absolute Gasteiger partial charge is 0.244 e. The van der Waals surface area contributed by atoms with Crippen LogP contribution in [0, 0.1) is 0 Å². The van der Waals surface area contributed by atoms with Crippen LogP contribution in [-0.4, -0.2) is 50.0 Å². The lowest BCUT2D eigenvalue weighted by molar-refractivity contribution is -0.139. The van der Waals surface area contributed by atoms with Crippen molar-refractivity contribution in [3.05, 3.63) is 63.0 Å². The third-order valence-electron chi connectivity index (χ3n) is 5.19. The molecule has 0 bridgehead atoms. The van der Waals surface area contributed by atoms with Crippen LogP contribution in [-0.2, 0) is 26.2 Å².